The van der Waals surface area contributed by atoms with E-state index in [1.165, 1.54) is 23.1 Å². The predicted molar refractivity (Wildman–Crippen MR) is 121 cm³/mol. The molecule has 0 saturated carbocycles. The van der Waals surface area contributed by atoms with E-state index >= 15 is 0 Å². The Balaban J connectivity index is 1.45. The molecule has 1 N–H and O–H groups in total. The zero-order valence-electron chi connectivity index (χ0n) is 16.2. The Morgan fingerprint density at radius 3 is 2.61 bits per heavy atom. The molecule has 0 atom stereocenters. The van der Waals surface area contributed by atoms with Crippen molar-refractivity contribution in [2.24, 2.45) is 0 Å². The summed E-state index contributed by atoms with van der Waals surface area (Å²) in [4.78, 5) is 25.1. The largest absolute Gasteiger partial charge is 0.360 e. The van der Waals surface area contributed by atoms with Crippen molar-refractivity contribution in [1.29, 1.82) is 0 Å². The molecule has 0 unspecified atom stereocenters. The van der Waals surface area contributed by atoms with Gasteiger partial charge < -0.3 is 4.52 Å². The first-order valence-electron chi connectivity index (χ1n) is 9.10. The highest BCUT2D eigenvalue weighted by Crippen LogP contribution is 2.32. The number of benzene rings is 2. The average molecular weight is 471 g/mol. The molecule has 10 heteroatoms. The molecule has 4 rings (SSSR count). The van der Waals surface area contributed by atoms with E-state index in [4.69, 9.17) is 16.1 Å². The van der Waals surface area contributed by atoms with E-state index in [0.29, 0.717) is 37.1 Å². The van der Waals surface area contributed by atoms with Gasteiger partial charge in [-0.3, -0.25) is 14.9 Å². The van der Waals surface area contributed by atoms with E-state index in [9.17, 15) is 9.59 Å². The summed E-state index contributed by atoms with van der Waals surface area (Å²) in [7, 11) is 0. The van der Waals surface area contributed by atoms with E-state index in [1.807, 2.05) is 18.2 Å². The second-order valence-corrected chi connectivity index (χ2v) is 8.95. The summed E-state index contributed by atoms with van der Waals surface area (Å²) in [5, 5.41) is 15.5. The number of hydrogen-bond donors (Lipinski definition) is 1. The lowest BCUT2D eigenvalue weighted by molar-refractivity contribution is 0.101. The molecule has 0 aliphatic rings. The molecule has 0 bridgehead atoms. The van der Waals surface area contributed by atoms with Crippen molar-refractivity contribution in [1.82, 2.24) is 15.4 Å². The van der Waals surface area contributed by atoms with Gasteiger partial charge in [-0.05, 0) is 13.0 Å². The van der Waals surface area contributed by atoms with Gasteiger partial charge in [-0.15, -0.1) is 10.2 Å². The number of aromatic nitrogens is 3. The zero-order valence-corrected chi connectivity index (χ0v) is 18.6. The fourth-order valence-corrected chi connectivity index (χ4v) is 4.66. The van der Waals surface area contributed by atoms with Crippen LogP contribution in [-0.4, -0.2) is 32.8 Å². The summed E-state index contributed by atoms with van der Waals surface area (Å²) in [5.74, 6) is 0.158. The van der Waals surface area contributed by atoms with Crippen LogP contribution in [0.15, 0.2) is 63.5 Å². The standard InChI is InChI=1S/C21H15ClN4O3S2/c1-12-17(18(26-29-12)14-9-5-6-10-15(14)22)19(28)23-20-24-25-21(31-20)30-11-16(27)13-7-3-2-4-8-13/h2-10H,11H2,1H3,(H,23,24,28). The third-order valence-corrected chi connectivity index (χ3v) is 6.57. The molecule has 7 nitrogen and oxygen atoms in total. The Kier molecular flexibility index (Phi) is 6.45. The molecular weight excluding hydrogens is 456 g/mol. The predicted octanol–water partition coefficient (Wildman–Crippen LogP) is 5.38. The third-order valence-electron chi connectivity index (χ3n) is 4.27. The number of nitrogens with zero attached hydrogens (tertiary/aromatic N) is 3. The lowest BCUT2D eigenvalue weighted by Crippen LogP contribution is -2.13. The zero-order chi connectivity index (χ0) is 21.8. The van der Waals surface area contributed by atoms with Gasteiger partial charge in [0.2, 0.25) is 5.13 Å². The fourth-order valence-electron chi connectivity index (χ4n) is 2.79. The van der Waals surface area contributed by atoms with Gasteiger partial charge in [-0.2, -0.15) is 0 Å². The van der Waals surface area contributed by atoms with Crippen molar-refractivity contribution < 1.29 is 14.1 Å². The minimum atomic E-state index is -0.429. The van der Waals surface area contributed by atoms with E-state index in [0.717, 1.165) is 0 Å². The highest BCUT2D eigenvalue weighted by Gasteiger charge is 2.24. The van der Waals surface area contributed by atoms with E-state index in [-0.39, 0.29) is 17.1 Å². The van der Waals surface area contributed by atoms with Crippen LogP contribution in [0.3, 0.4) is 0 Å². The van der Waals surface area contributed by atoms with Gasteiger partial charge in [0.1, 0.15) is 17.0 Å². The number of hydrogen-bond acceptors (Lipinski definition) is 8. The Hall–Kier alpha value is -3.01. The summed E-state index contributed by atoms with van der Waals surface area (Å²) < 4.78 is 5.81. The molecule has 1 amide bonds. The van der Waals surface area contributed by atoms with Gasteiger partial charge >= 0.3 is 0 Å². The van der Waals surface area contributed by atoms with Crippen molar-refractivity contribution in [2.45, 2.75) is 11.3 Å². The van der Waals surface area contributed by atoms with Gasteiger partial charge in [0, 0.05) is 11.1 Å². The SMILES string of the molecule is Cc1onc(-c2ccccc2Cl)c1C(=O)Nc1nnc(SCC(=O)c2ccccc2)s1. The Morgan fingerprint density at radius 2 is 1.84 bits per heavy atom. The minimum absolute atomic E-state index is 0.00383. The molecule has 2 aromatic carbocycles. The smallest absolute Gasteiger partial charge is 0.263 e. The number of rotatable bonds is 7. The lowest BCUT2D eigenvalue weighted by atomic mass is 10.1. The van der Waals surface area contributed by atoms with Crippen molar-refractivity contribution in [3.63, 3.8) is 0 Å². The highest BCUT2D eigenvalue weighted by molar-refractivity contribution is 8.01. The van der Waals surface area contributed by atoms with E-state index in [2.05, 4.69) is 20.7 Å². The van der Waals surface area contributed by atoms with Crippen molar-refractivity contribution in [3.8, 4) is 11.3 Å². The number of carbonyl (C=O) groups is 2. The topological polar surface area (TPSA) is 98.0 Å². The van der Waals surface area contributed by atoms with Gasteiger partial charge in [0.15, 0.2) is 10.1 Å². The molecule has 0 fully saturated rings. The maximum absolute atomic E-state index is 12.9. The van der Waals surface area contributed by atoms with Crippen LogP contribution in [0.1, 0.15) is 26.5 Å². The molecule has 4 aromatic rings. The number of halogens is 1. The summed E-state index contributed by atoms with van der Waals surface area (Å²) in [6.07, 6.45) is 0. The Labute approximate surface area is 190 Å². The average Bonchev–Trinajstić information content (AvgIpc) is 3.39. The van der Waals surface area contributed by atoms with Crippen LogP contribution in [0.2, 0.25) is 5.02 Å². The number of amides is 1. The van der Waals surface area contributed by atoms with Crippen LogP contribution in [0.5, 0.6) is 0 Å². The first-order valence-corrected chi connectivity index (χ1v) is 11.3. The second kappa shape index (κ2) is 9.42. The molecular formula is C21H15ClN4O3S2. The lowest BCUT2D eigenvalue weighted by Gasteiger charge is -2.04. The number of thioether (sulfide) groups is 1. The molecule has 0 radical (unpaired) electrons. The number of aryl methyl sites for hydroxylation is 1. The van der Waals surface area contributed by atoms with Gasteiger partial charge in [0.05, 0.1) is 10.8 Å². The Morgan fingerprint density at radius 1 is 1.10 bits per heavy atom. The summed E-state index contributed by atoms with van der Waals surface area (Å²) in [5.41, 5.74) is 1.87. The van der Waals surface area contributed by atoms with Crippen LogP contribution in [0, 0.1) is 6.92 Å². The molecule has 31 heavy (non-hydrogen) atoms. The van der Waals surface area contributed by atoms with Crippen LogP contribution < -0.4 is 5.32 Å². The first kappa shape index (κ1) is 21.2. The fraction of sp³-hybridized carbons (Fsp3) is 0.0952. The normalized spacial score (nSPS) is 10.8. The monoisotopic (exact) mass is 470 g/mol. The highest BCUT2D eigenvalue weighted by atomic mass is 35.5. The molecule has 0 aliphatic heterocycles. The molecule has 2 aromatic heterocycles. The quantitative estimate of drug-likeness (QED) is 0.220. The number of carbonyl (C=O) groups excluding carboxylic acids is 2. The molecule has 0 spiro atoms. The van der Waals surface area contributed by atoms with Crippen LogP contribution in [-0.2, 0) is 0 Å². The minimum Gasteiger partial charge on any atom is -0.360 e. The molecule has 156 valence electrons. The van der Waals surface area contributed by atoms with E-state index < -0.39 is 5.91 Å². The number of anilines is 1. The molecule has 2 heterocycles. The second-order valence-electron chi connectivity index (χ2n) is 6.35. The van der Waals surface area contributed by atoms with Crippen LogP contribution >= 0.6 is 34.7 Å². The third kappa shape index (κ3) is 4.84. The Bertz CT molecular complexity index is 1240. The maximum atomic E-state index is 12.9. The molecule has 0 aliphatic carbocycles. The van der Waals surface area contributed by atoms with E-state index in [1.54, 1.807) is 43.3 Å². The summed E-state index contributed by atoms with van der Waals surface area (Å²) >= 11 is 8.70. The number of Topliss-reactive ketones (excluding diaryl/α,β-unsaturated/α-hetero) is 1. The summed E-state index contributed by atoms with van der Waals surface area (Å²) in [6, 6.07) is 16.1. The van der Waals surface area contributed by atoms with Crippen LogP contribution in [0.4, 0.5) is 5.13 Å². The van der Waals surface area contributed by atoms with Gasteiger partial charge in [-0.1, -0.05) is 88.4 Å². The van der Waals surface area contributed by atoms with Crippen molar-refractivity contribution in [2.75, 3.05) is 11.1 Å². The summed E-state index contributed by atoms with van der Waals surface area (Å²) in [6.45, 7) is 1.65. The van der Waals surface area contributed by atoms with Crippen LogP contribution in [0.25, 0.3) is 11.3 Å². The molecule has 0 saturated heterocycles. The number of nitrogens with one attached hydrogen (secondary N) is 1. The number of ketones is 1. The van der Waals surface area contributed by atoms with Crippen molar-refractivity contribution in [3.05, 3.63) is 76.5 Å². The van der Waals surface area contributed by atoms with Gasteiger partial charge in [-0.25, -0.2) is 0 Å². The van der Waals surface area contributed by atoms with Gasteiger partial charge in [0.25, 0.3) is 5.91 Å². The van der Waals surface area contributed by atoms with Crippen molar-refractivity contribution >= 4 is 51.5 Å². The maximum Gasteiger partial charge on any atom is 0.263 e. The first-order chi connectivity index (χ1) is 15.0.